The maximum atomic E-state index is 13.5. The van der Waals surface area contributed by atoms with E-state index in [0.717, 1.165) is 22.4 Å². The maximum Gasteiger partial charge on any atom is 0.341 e. The highest BCUT2D eigenvalue weighted by molar-refractivity contribution is 7.80. The van der Waals surface area contributed by atoms with E-state index in [4.69, 9.17) is 12.2 Å². The Labute approximate surface area is 189 Å². The molecule has 0 spiro atoms. The second-order valence-electron chi connectivity index (χ2n) is 7.27. The number of anilines is 1. The number of carbonyl (C=O) groups is 1. The molecular weight excluding hydrogens is 402 g/mol. The zero-order chi connectivity index (χ0) is 22.1. The molecule has 0 atom stereocenters. The molecule has 1 N–H and O–H groups in total. The first-order chi connectivity index (χ1) is 15.1. The average Bonchev–Trinajstić information content (AvgIpc) is 2.77. The number of hydrazine groups is 1. The molecule has 31 heavy (non-hydrogen) atoms. The Hall–Kier alpha value is -3.44. The molecule has 0 aliphatic heterocycles. The molecular formula is C26H27N3OS. The van der Waals surface area contributed by atoms with Gasteiger partial charge in [-0.1, -0.05) is 91.1 Å². The third-order valence-electron chi connectivity index (χ3n) is 4.75. The summed E-state index contributed by atoms with van der Waals surface area (Å²) in [6.07, 6.45) is 2.27. The number of hydrogen-bond acceptors (Lipinski definition) is 2. The molecule has 0 radical (unpaired) electrons. The molecule has 0 saturated carbocycles. The van der Waals surface area contributed by atoms with Gasteiger partial charge in [-0.2, -0.15) is 0 Å². The molecule has 2 amide bonds. The van der Waals surface area contributed by atoms with Gasteiger partial charge in [-0.3, -0.25) is 5.01 Å². The Bertz CT molecular complexity index is 1020. The Kier molecular flexibility index (Phi) is 7.96. The molecule has 3 aromatic rings. The maximum absolute atomic E-state index is 13.5. The smallest absolute Gasteiger partial charge is 0.306 e. The van der Waals surface area contributed by atoms with Gasteiger partial charge < -0.3 is 5.32 Å². The second kappa shape index (κ2) is 11.1. The number of hydrogen-bond donors (Lipinski definition) is 1. The molecule has 0 saturated heterocycles. The molecule has 3 rings (SSSR count). The van der Waals surface area contributed by atoms with Gasteiger partial charge in [0.25, 0.3) is 0 Å². The third-order valence-corrected chi connectivity index (χ3v) is 5.13. The molecule has 0 heterocycles. The lowest BCUT2D eigenvalue weighted by Crippen LogP contribution is -2.49. The van der Waals surface area contributed by atoms with Gasteiger partial charge in [0.05, 0.1) is 13.1 Å². The Morgan fingerprint density at radius 1 is 0.903 bits per heavy atom. The van der Waals surface area contributed by atoms with Crippen LogP contribution in [0.4, 0.5) is 10.5 Å². The average molecular weight is 430 g/mol. The summed E-state index contributed by atoms with van der Waals surface area (Å²) < 4.78 is 0. The predicted molar refractivity (Wildman–Crippen MR) is 132 cm³/mol. The summed E-state index contributed by atoms with van der Waals surface area (Å²) in [5.41, 5.74) is 3.91. The van der Waals surface area contributed by atoms with E-state index in [-0.39, 0.29) is 6.03 Å². The SMILES string of the molecule is C=CCC(=S)N(Cc1ccccc1)N(Cc1ccccc1)C(=O)Nc1cccc(C)c1. The summed E-state index contributed by atoms with van der Waals surface area (Å²) in [4.78, 5) is 14.1. The molecule has 0 fully saturated rings. The summed E-state index contributed by atoms with van der Waals surface area (Å²) in [5.74, 6) is 0. The fourth-order valence-electron chi connectivity index (χ4n) is 3.23. The summed E-state index contributed by atoms with van der Waals surface area (Å²) in [6, 6.07) is 27.4. The van der Waals surface area contributed by atoms with Crippen molar-refractivity contribution in [3.63, 3.8) is 0 Å². The number of thiocarbonyl (C=S) groups is 1. The number of carbonyl (C=O) groups excluding carboxylic acids is 1. The van der Waals surface area contributed by atoms with Crippen LogP contribution in [0.2, 0.25) is 0 Å². The quantitative estimate of drug-likeness (QED) is 0.270. The lowest BCUT2D eigenvalue weighted by atomic mass is 10.2. The molecule has 0 aliphatic rings. The van der Waals surface area contributed by atoms with Crippen LogP contribution in [0.5, 0.6) is 0 Å². The summed E-state index contributed by atoms with van der Waals surface area (Å²) in [7, 11) is 0. The molecule has 0 unspecified atom stereocenters. The largest absolute Gasteiger partial charge is 0.341 e. The standard InChI is InChI=1S/C26H27N3OS/c1-3-11-25(31)28(19-22-13-6-4-7-14-22)29(20-23-15-8-5-9-16-23)26(30)27-24-17-10-12-21(2)18-24/h3-10,12-18H,1,11,19-20H2,2H3,(H,27,30). The van der Waals surface area contributed by atoms with E-state index in [9.17, 15) is 4.79 Å². The first-order valence-corrected chi connectivity index (χ1v) is 10.6. The number of rotatable bonds is 7. The number of amides is 2. The zero-order valence-electron chi connectivity index (χ0n) is 17.7. The van der Waals surface area contributed by atoms with Gasteiger partial charge in [0.15, 0.2) is 0 Å². The number of nitrogens with one attached hydrogen (secondary N) is 1. The molecule has 3 aromatic carbocycles. The molecule has 0 aromatic heterocycles. The lowest BCUT2D eigenvalue weighted by molar-refractivity contribution is 0.0753. The lowest BCUT2D eigenvalue weighted by Gasteiger charge is -2.37. The van der Waals surface area contributed by atoms with Gasteiger partial charge in [0, 0.05) is 12.1 Å². The zero-order valence-corrected chi connectivity index (χ0v) is 18.5. The van der Waals surface area contributed by atoms with Crippen molar-refractivity contribution in [1.29, 1.82) is 0 Å². The minimum absolute atomic E-state index is 0.239. The molecule has 4 nitrogen and oxygen atoms in total. The van der Waals surface area contributed by atoms with Gasteiger partial charge in [-0.25, -0.2) is 9.80 Å². The summed E-state index contributed by atoms with van der Waals surface area (Å²) in [6.45, 7) is 6.70. The Balaban J connectivity index is 1.94. The van der Waals surface area contributed by atoms with Crippen LogP contribution in [0.15, 0.2) is 97.6 Å². The third kappa shape index (κ3) is 6.52. The van der Waals surface area contributed by atoms with E-state index in [0.29, 0.717) is 24.5 Å². The number of nitrogens with zero attached hydrogens (tertiary/aromatic N) is 2. The fourth-order valence-corrected chi connectivity index (χ4v) is 3.51. The van der Waals surface area contributed by atoms with Crippen molar-refractivity contribution in [2.24, 2.45) is 0 Å². The number of benzene rings is 3. The minimum Gasteiger partial charge on any atom is -0.306 e. The van der Waals surface area contributed by atoms with Crippen LogP contribution in [-0.4, -0.2) is 21.0 Å². The van der Waals surface area contributed by atoms with Crippen molar-refractivity contribution in [2.75, 3.05) is 5.32 Å². The van der Waals surface area contributed by atoms with Crippen LogP contribution >= 0.6 is 12.2 Å². The van der Waals surface area contributed by atoms with Crippen LogP contribution in [0, 0.1) is 6.92 Å². The Morgan fingerprint density at radius 3 is 2.03 bits per heavy atom. The number of aryl methyl sites for hydroxylation is 1. The van der Waals surface area contributed by atoms with Gasteiger partial charge in [0.1, 0.15) is 4.99 Å². The fraction of sp³-hybridized carbons (Fsp3) is 0.154. The van der Waals surface area contributed by atoms with E-state index in [1.165, 1.54) is 0 Å². The number of urea groups is 1. The highest BCUT2D eigenvalue weighted by atomic mass is 32.1. The molecule has 0 aliphatic carbocycles. The van der Waals surface area contributed by atoms with Crippen LogP contribution < -0.4 is 5.32 Å². The van der Waals surface area contributed by atoms with Crippen molar-refractivity contribution < 1.29 is 4.79 Å². The highest BCUT2D eigenvalue weighted by Crippen LogP contribution is 2.18. The van der Waals surface area contributed by atoms with Crippen molar-refractivity contribution >= 4 is 28.9 Å². The normalized spacial score (nSPS) is 10.2. The van der Waals surface area contributed by atoms with Crippen LogP contribution in [0.25, 0.3) is 0 Å². The van der Waals surface area contributed by atoms with E-state index in [2.05, 4.69) is 11.9 Å². The Morgan fingerprint density at radius 2 is 1.48 bits per heavy atom. The second-order valence-corrected chi connectivity index (χ2v) is 7.74. The molecule has 5 heteroatoms. The predicted octanol–water partition coefficient (Wildman–Crippen LogP) is 6.35. The van der Waals surface area contributed by atoms with Crippen molar-refractivity contribution in [1.82, 2.24) is 10.0 Å². The monoisotopic (exact) mass is 429 g/mol. The molecule has 158 valence electrons. The summed E-state index contributed by atoms with van der Waals surface area (Å²) >= 11 is 5.70. The highest BCUT2D eigenvalue weighted by Gasteiger charge is 2.24. The van der Waals surface area contributed by atoms with E-state index in [1.807, 2.05) is 96.9 Å². The van der Waals surface area contributed by atoms with E-state index >= 15 is 0 Å². The van der Waals surface area contributed by atoms with Crippen LogP contribution in [-0.2, 0) is 13.1 Å². The van der Waals surface area contributed by atoms with Crippen molar-refractivity contribution in [3.8, 4) is 0 Å². The summed E-state index contributed by atoms with van der Waals surface area (Å²) in [5, 5.41) is 6.57. The van der Waals surface area contributed by atoms with Crippen LogP contribution in [0.1, 0.15) is 23.1 Å². The van der Waals surface area contributed by atoms with Gasteiger partial charge in [0.2, 0.25) is 0 Å². The van der Waals surface area contributed by atoms with Gasteiger partial charge >= 0.3 is 6.03 Å². The van der Waals surface area contributed by atoms with Crippen molar-refractivity contribution in [3.05, 3.63) is 114 Å². The first-order valence-electron chi connectivity index (χ1n) is 10.2. The molecule has 0 bridgehead atoms. The van der Waals surface area contributed by atoms with E-state index in [1.54, 1.807) is 11.1 Å². The van der Waals surface area contributed by atoms with E-state index < -0.39 is 0 Å². The minimum atomic E-state index is -0.239. The first kappa shape index (κ1) is 22.2. The van der Waals surface area contributed by atoms with Crippen LogP contribution in [0.3, 0.4) is 0 Å². The van der Waals surface area contributed by atoms with Crippen molar-refractivity contribution in [2.45, 2.75) is 26.4 Å². The van der Waals surface area contributed by atoms with Gasteiger partial charge in [-0.05, 0) is 35.7 Å². The topological polar surface area (TPSA) is 35.6 Å². The van der Waals surface area contributed by atoms with Gasteiger partial charge in [-0.15, -0.1) is 6.58 Å².